The molecule has 4 nitrogen and oxygen atoms in total. The van der Waals surface area contributed by atoms with Gasteiger partial charge in [0.25, 0.3) is 0 Å². The molecule has 2 N–H and O–H groups in total. The minimum atomic E-state index is 0.192. The van der Waals surface area contributed by atoms with Crippen LogP contribution in [0.2, 0.25) is 5.02 Å². The number of nitrogens with two attached hydrogens (primary N) is 1. The van der Waals surface area contributed by atoms with E-state index in [9.17, 15) is 0 Å². The maximum atomic E-state index is 6.18. The van der Waals surface area contributed by atoms with Crippen molar-refractivity contribution in [3.05, 3.63) is 39.7 Å². The van der Waals surface area contributed by atoms with Gasteiger partial charge in [-0.25, -0.2) is 4.98 Å². The SMILES string of the molecule is Cc1ccc(Oc2nc(N)nc3sc(C)cc23)c(Cl)c1. The van der Waals surface area contributed by atoms with Gasteiger partial charge >= 0.3 is 0 Å². The predicted molar refractivity (Wildman–Crippen MR) is 82.8 cm³/mol. The summed E-state index contributed by atoms with van der Waals surface area (Å²) in [4.78, 5) is 10.3. The van der Waals surface area contributed by atoms with E-state index in [1.165, 1.54) is 0 Å². The fraction of sp³-hybridized carbons (Fsp3) is 0.143. The van der Waals surface area contributed by atoms with Gasteiger partial charge in [-0.1, -0.05) is 17.7 Å². The van der Waals surface area contributed by atoms with Crippen LogP contribution in [0.1, 0.15) is 10.4 Å². The number of aryl methyl sites for hydroxylation is 2. The van der Waals surface area contributed by atoms with E-state index < -0.39 is 0 Å². The Morgan fingerprint density at radius 1 is 1.20 bits per heavy atom. The zero-order valence-corrected chi connectivity index (χ0v) is 12.5. The van der Waals surface area contributed by atoms with Crippen LogP contribution < -0.4 is 10.5 Å². The van der Waals surface area contributed by atoms with E-state index in [2.05, 4.69) is 9.97 Å². The number of aromatic nitrogens is 2. The lowest BCUT2D eigenvalue weighted by Crippen LogP contribution is -1.97. The van der Waals surface area contributed by atoms with Crippen LogP contribution >= 0.6 is 22.9 Å². The van der Waals surface area contributed by atoms with Crippen molar-refractivity contribution in [1.82, 2.24) is 9.97 Å². The van der Waals surface area contributed by atoms with Crippen LogP contribution in [0.4, 0.5) is 5.95 Å². The van der Waals surface area contributed by atoms with Gasteiger partial charge < -0.3 is 10.5 Å². The maximum absolute atomic E-state index is 6.18. The Labute approximate surface area is 125 Å². The van der Waals surface area contributed by atoms with E-state index >= 15 is 0 Å². The molecule has 3 aromatic rings. The van der Waals surface area contributed by atoms with Gasteiger partial charge in [-0.15, -0.1) is 11.3 Å². The molecule has 102 valence electrons. The second kappa shape index (κ2) is 4.92. The van der Waals surface area contributed by atoms with Crippen molar-refractivity contribution in [3.63, 3.8) is 0 Å². The lowest BCUT2D eigenvalue weighted by atomic mass is 10.2. The number of fused-ring (bicyclic) bond motifs is 1. The number of nitrogen functional groups attached to an aromatic ring is 1. The quantitative estimate of drug-likeness (QED) is 0.765. The highest BCUT2D eigenvalue weighted by molar-refractivity contribution is 7.18. The first-order chi connectivity index (χ1) is 9.52. The Bertz CT molecular complexity index is 800. The van der Waals surface area contributed by atoms with E-state index in [1.807, 2.05) is 38.1 Å². The van der Waals surface area contributed by atoms with Crippen molar-refractivity contribution in [2.45, 2.75) is 13.8 Å². The van der Waals surface area contributed by atoms with Gasteiger partial charge in [0.05, 0.1) is 10.4 Å². The third-order valence-electron chi connectivity index (χ3n) is 2.79. The number of nitrogens with zero attached hydrogens (tertiary/aromatic N) is 2. The highest BCUT2D eigenvalue weighted by Crippen LogP contribution is 2.35. The summed E-state index contributed by atoms with van der Waals surface area (Å²) in [6.45, 7) is 3.98. The first-order valence-corrected chi connectivity index (χ1v) is 7.20. The minimum Gasteiger partial charge on any atom is -0.437 e. The molecular formula is C14H12ClN3OS. The van der Waals surface area contributed by atoms with Crippen LogP contribution in [0, 0.1) is 13.8 Å². The summed E-state index contributed by atoms with van der Waals surface area (Å²) in [6.07, 6.45) is 0. The summed E-state index contributed by atoms with van der Waals surface area (Å²) in [5, 5.41) is 1.39. The van der Waals surface area contributed by atoms with Crippen molar-refractivity contribution in [3.8, 4) is 11.6 Å². The van der Waals surface area contributed by atoms with Gasteiger partial charge in [0.1, 0.15) is 10.6 Å². The molecule has 20 heavy (non-hydrogen) atoms. The number of halogens is 1. The van der Waals surface area contributed by atoms with E-state index in [4.69, 9.17) is 22.1 Å². The number of ether oxygens (including phenoxy) is 1. The number of anilines is 1. The van der Waals surface area contributed by atoms with Crippen LogP contribution in [-0.4, -0.2) is 9.97 Å². The molecule has 2 aromatic heterocycles. The fourth-order valence-electron chi connectivity index (χ4n) is 1.90. The van der Waals surface area contributed by atoms with E-state index in [1.54, 1.807) is 11.3 Å². The van der Waals surface area contributed by atoms with E-state index in [0.717, 1.165) is 20.7 Å². The van der Waals surface area contributed by atoms with Crippen LogP contribution in [0.3, 0.4) is 0 Å². The van der Waals surface area contributed by atoms with Gasteiger partial charge in [0.15, 0.2) is 0 Å². The topological polar surface area (TPSA) is 61.0 Å². The zero-order chi connectivity index (χ0) is 14.3. The molecule has 0 amide bonds. The third kappa shape index (κ3) is 2.42. The molecule has 0 aliphatic carbocycles. The van der Waals surface area contributed by atoms with Crippen molar-refractivity contribution in [2.75, 3.05) is 5.73 Å². The van der Waals surface area contributed by atoms with Crippen molar-refractivity contribution in [1.29, 1.82) is 0 Å². The molecule has 0 aliphatic heterocycles. The second-order valence-corrected chi connectivity index (χ2v) is 6.14. The third-order valence-corrected chi connectivity index (χ3v) is 4.03. The van der Waals surface area contributed by atoms with Crippen LogP contribution in [0.5, 0.6) is 11.6 Å². The molecule has 0 spiro atoms. The average molecular weight is 306 g/mol. The second-order valence-electron chi connectivity index (χ2n) is 4.50. The molecule has 0 radical (unpaired) electrons. The predicted octanol–water partition coefficient (Wildman–Crippen LogP) is 4.34. The highest BCUT2D eigenvalue weighted by Gasteiger charge is 2.12. The average Bonchev–Trinajstić information content (AvgIpc) is 2.73. The first-order valence-electron chi connectivity index (χ1n) is 6.00. The number of thiophene rings is 1. The standard InChI is InChI=1S/C14H12ClN3OS/c1-7-3-4-11(10(15)5-7)19-12-9-6-8(2)20-13(9)18-14(16)17-12/h3-6H,1-2H3,(H2,16,17,18). The molecule has 0 saturated heterocycles. The van der Waals surface area contributed by atoms with Crippen molar-refractivity contribution < 1.29 is 4.74 Å². The Morgan fingerprint density at radius 3 is 2.75 bits per heavy atom. The molecule has 1 aromatic carbocycles. The molecular weight excluding hydrogens is 294 g/mol. The number of hydrogen-bond acceptors (Lipinski definition) is 5. The smallest absolute Gasteiger partial charge is 0.232 e. The molecule has 0 atom stereocenters. The number of hydrogen-bond donors (Lipinski definition) is 1. The maximum Gasteiger partial charge on any atom is 0.232 e. The summed E-state index contributed by atoms with van der Waals surface area (Å²) in [5.41, 5.74) is 6.79. The monoisotopic (exact) mass is 305 g/mol. The number of benzene rings is 1. The lowest BCUT2D eigenvalue weighted by Gasteiger charge is -2.08. The van der Waals surface area contributed by atoms with Crippen LogP contribution in [-0.2, 0) is 0 Å². The molecule has 0 unspecified atom stereocenters. The zero-order valence-electron chi connectivity index (χ0n) is 11.0. The van der Waals surface area contributed by atoms with Crippen molar-refractivity contribution >= 4 is 39.1 Å². The fourth-order valence-corrected chi connectivity index (χ4v) is 3.05. The van der Waals surface area contributed by atoms with Gasteiger partial charge in [0.2, 0.25) is 11.8 Å². The molecule has 3 rings (SSSR count). The summed E-state index contributed by atoms with van der Waals surface area (Å²) in [7, 11) is 0. The van der Waals surface area contributed by atoms with Crippen LogP contribution in [0.15, 0.2) is 24.3 Å². The van der Waals surface area contributed by atoms with E-state index in [0.29, 0.717) is 16.7 Å². The van der Waals surface area contributed by atoms with Gasteiger partial charge in [-0.05, 0) is 37.6 Å². The van der Waals surface area contributed by atoms with Gasteiger partial charge in [-0.3, -0.25) is 0 Å². The van der Waals surface area contributed by atoms with Gasteiger partial charge in [0, 0.05) is 4.88 Å². The Morgan fingerprint density at radius 2 is 2.00 bits per heavy atom. The largest absolute Gasteiger partial charge is 0.437 e. The van der Waals surface area contributed by atoms with Crippen molar-refractivity contribution in [2.24, 2.45) is 0 Å². The Balaban J connectivity index is 2.10. The Kier molecular flexibility index (Phi) is 3.23. The Hall–Kier alpha value is -1.85. The highest BCUT2D eigenvalue weighted by atomic mass is 35.5. The van der Waals surface area contributed by atoms with E-state index in [-0.39, 0.29) is 5.95 Å². The molecule has 0 fully saturated rings. The minimum absolute atomic E-state index is 0.192. The first kappa shape index (κ1) is 13.1. The molecule has 0 bridgehead atoms. The summed E-state index contributed by atoms with van der Waals surface area (Å²) < 4.78 is 5.82. The molecule has 0 saturated carbocycles. The molecule has 0 aliphatic rings. The summed E-state index contributed by atoms with van der Waals surface area (Å²) >= 11 is 7.73. The van der Waals surface area contributed by atoms with Crippen LogP contribution in [0.25, 0.3) is 10.2 Å². The molecule has 2 heterocycles. The lowest BCUT2D eigenvalue weighted by molar-refractivity contribution is 0.469. The number of rotatable bonds is 2. The summed E-state index contributed by atoms with van der Waals surface area (Å²) in [6, 6.07) is 7.58. The molecule has 6 heteroatoms. The van der Waals surface area contributed by atoms with Gasteiger partial charge in [-0.2, -0.15) is 4.98 Å². The normalized spacial score (nSPS) is 10.9. The summed E-state index contributed by atoms with van der Waals surface area (Å²) in [5.74, 6) is 1.18.